The summed E-state index contributed by atoms with van der Waals surface area (Å²) in [6.45, 7) is 3.32. The number of pyridine rings is 1. The van der Waals surface area contributed by atoms with Gasteiger partial charge in [-0.1, -0.05) is 23.7 Å². The Bertz CT molecular complexity index is 840. The highest BCUT2D eigenvalue weighted by Gasteiger charge is 2.25. The van der Waals surface area contributed by atoms with Gasteiger partial charge in [0.1, 0.15) is 12.4 Å². The molecule has 0 saturated carbocycles. The lowest BCUT2D eigenvalue weighted by molar-refractivity contribution is 0.266. The Morgan fingerprint density at radius 3 is 2.96 bits per heavy atom. The quantitative estimate of drug-likeness (QED) is 0.724. The number of hydrogen-bond donors (Lipinski definition) is 1. The zero-order valence-electron chi connectivity index (χ0n) is 14.1. The van der Waals surface area contributed by atoms with Crippen molar-refractivity contribution >= 4 is 28.1 Å². The average molecular weight is 387 g/mol. The molecule has 1 saturated heterocycles. The largest absolute Gasteiger partial charge is 0.490 e. The summed E-state index contributed by atoms with van der Waals surface area (Å²) in [5, 5.41) is 7.30. The van der Waals surface area contributed by atoms with Gasteiger partial charge in [0.05, 0.1) is 17.9 Å². The van der Waals surface area contributed by atoms with Gasteiger partial charge < -0.3 is 15.0 Å². The van der Waals surface area contributed by atoms with E-state index in [0.29, 0.717) is 6.61 Å². The molecular weight excluding hydrogens is 368 g/mol. The van der Waals surface area contributed by atoms with E-state index in [-0.39, 0.29) is 6.04 Å². The summed E-state index contributed by atoms with van der Waals surface area (Å²) in [6.07, 6.45) is 3.48. The lowest BCUT2D eigenvalue weighted by atomic mass is 10.2. The summed E-state index contributed by atoms with van der Waals surface area (Å²) in [5.74, 6) is 0.791. The first-order valence-corrected chi connectivity index (χ1v) is 9.77. The van der Waals surface area contributed by atoms with E-state index in [2.05, 4.69) is 20.6 Å². The summed E-state index contributed by atoms with van der Waals surface area (Å²) in [4.78, 5) is 11.3. The molecule has 1 unspecified atom stereocenters. The molecule has 3 heterocycles. The number of anilines is 1. The van der Waals surface area contributed by atoms with Crippen LogP contribution in [0.1, 0.15) is 0 Å². The number of ether oxygens (including phenoxy) is 1. The van der Waals surface area contributed by atoms with Crippen molar-refractivity contribution in [2.45, 2.75) is 6.04 Å². The zero-order chi connectivity index (χ0) is 17.8. The monoisotopic (exact) mass is 386 g/mol. The van der Waals surface area contributed by atoms with Crippen LogP contribution in [0.25, 0.3) is 11.3 Å². The predicted molar refractivity (Wildman–Crippen MR) is 106 cm³/mol. The van der Waals surface area contributed by atoms with E-state index in [1.165, 1.54) is 0 Å². The number of hydrogen-bond acceptors (Lipinski definition) is 6. The van der Waals surface area contributed by atoms with Crippen molar-refractivity contribution in [3.05, 3.63) is 59.2 Å². The first kappa shape index (κ1) is 17.3. The highest BCUT2D eigenvalue weighted by Crippen LogP contribution is 2.29. The van der Waals surface area contributed by atoms with Crippen LogP contribution >= 0.6 is 22.9 Å². The molecule has 0 spiro atoms. The van der Waals surface area contributed by atoms with Gasteiger partial charge in [-0.15, -0.1) is 11.3 Å². The molecule has 2 aromatic heterocycles. The summed E-state index contributed by atoms with van der Waals surface area (Å²) in [6, 6.07) is 11.8. The van der Waals surface area contributed by atoms with Crippen molar-refractivity contribution < 1.29 is 4.74 Å². The van der Waals surface area contributed by atoms with Crippen molar-refractivity contribution in [2.75, 3.05) is 31.1 Å². The fraction of sp³-hybridized carbons (Fsp3) is 0.263. The molecule has 0 aliphatic carbocycles. The lowest BCUT2D eigenvalue weighted by Gasteiger charge is -2.35. The number of nitrogens with zero attached hydrogens (tertiary/aromatic N) is 3. The number of piperazine rings is 1. The highest BCUT2D eigenvalue weighted by molar-refractivity contribution is 7.14. The fourth-order valence-electron chi connectivity index (χ4n) is 2.94. The lowest BCUT2D eigenvalue weighted by Crippen LogP contribution is -2.54. The molecule has 0 bridgehead atoms. The molecule has 1 aliphatic rings. The third-order valence-electron chi connectivity index (χ3n) is 4.30. The second kappa shape index (κ2) is 8.03. The van der Waals surface area contributed by atoms with Crippen LogP contribution in [0.3, 0.4) is 0 Å². The Morgan fingerprint density at radius 2 is 2.15 bits per heavy atom. The molecule has 3 aromatic rings. The van der Waals surface area contributed by atoms with E-state index in [9.17, 15) is 0 Å². The Labute approximate surface area is 161 Å². The van der Waals surface area contributed by atoms with Crippen LogP contribution in [0.5, 0.6) is 5.75 Å². The predicted octanol–water partition coefficient (Wildman–Crippen LogP) is 3.72. The molecule has 7 heteroatoms. The van der Waals surface area contributed by atoms with Gasteiger partial charge in [-0.3, -0.25) is 4.98 Å². The van der Waals surface area contributed by atoms with E-state index >= 15 is 0 Å². The standard InChI is InChI=1S/C19H19ClN4OS/c20-15-5-3-14(4-6-15)18-13-26-19(23-18)24-9-8-22-10-16(24)12-25-17-2-1-7-21-11-17/h1-7,11,13,16,22H,8-10,12H2. The molecule has 1 aliphatic heterocycles. The molecule has 0 radical (unpaired) electrons. The van der Waals surface area contributed by atoms with Crippen molar-refractivity contribution in [1.82, 2.24) is 15.3 Å². The molecule has 1 fully saturated rings. The third-order valence-corrected chi connectivity index (χ3v) is 5.43. The van der Waals surface area contributed by atoms with E-state index in [1.807, 2.05) is 36.4 Å². The SMILES string of the molecule is Clc1ccc(-c2csc(N3CCNCC3COc3cccnc3)n2)cc1. The Kier molecular flexibility index (Phi) is 5.34. The van der Waals surface area contributed by atoms with E-state index < -0.39 is 0 Å². The van der Waals surface area contributed by atoms with Gasteiger partial charge in [0.25, 0.3) is 0 Å². The molecule has 1 N–H and O–H groups in total. The second-order valence-electron chi connectivity index (χ2n) is 6.07. The Morgan fingerprint density at radius 1 is 1.27 bits per heavy atom. The number of benzene rings is 1. The average Bonchev–Trinajstić information content (AvgIpc) is 3.18. The first-order valence-electron chi connectivity index (χ1n) is 8.51. The van der Waals surface area contributed by atoms with Gasteiger partial charge in [-0.05, 0) is 24.3 Å². The third kappa shape index (κ3) is 3.98. The Balaban J connectivity index is 1.48. The maximum atomic E-state index is 5.98. The molecular formula is C19H19ClN4OS. The number of thiazole rings is 1. The van der Waals surface area contributed by atoms with E-state index in [0.717, 1.165) is 46.8 Å². The number of nitrogens with one attached hydrogen (secondary N) is 1. The molecule has 1 aromatic carbocycles. The van der Waals surface area contributed by atoms with Gasteiger partial charge in [-0.25, -0.2) is 4.98 Å². The molecule has 134 valence electrons. The second-order valence-corrected chi connectivity index (χ2v) is 7.35. The summed E-state index contributed by atoms with van der Waals surface area (Å²) >= 11 is 7.65. The van der Waals surface area contributed by atoms with Crippen molar-refractivity contribution in [2.24, 2.45) is 0 Å². The fourth-order valence-corrected chi connectivity index (χ4v) is 3.99. The van der Waals surface area contributed by atoms with Crippen LogP contribution in [0.4, 0.5) is 5.13 Å². The Hall–Kier alpha value is -2.15. The molecule has 26 heavy (non-hydrogen) atoms. The molecule has 0 amide bonds. The number of rotatable bonds is 5. The summed E-state index contributed by atoms with van der Waals surface area (Å²) in [7, 11) is 0. The van der Waals surface area contributed by atoms with Crippen molar-refractivity contribution in [3.63, 3.8) is 0 Å². The van der Waals surface area contributed by atoms with Crippen LogP contribution in [0.2, 0.25) is 5.02 Å². The number of halogens is 1. The van der Waals surface area contributed by atoms with Crippen LogP contribution in [-0.2, 0) is 0 Å². The van der Waals surface area contributed by atoms with Crippen LogP contribution in [-0.4, -0.2) is 42.3 Å². The smallest absolute Gasteiger partial charge is 0.186 e. The minimum absolute atomic E-state index is 0.230. The molecule has 4 rings (SSSR count). The van der Waals surface area contributed by atoms with Crippen LogP contribution < -0.4 is 15.0 Å². The topological polar surface area (TPSA) is 50.3 Å². The minimum atomic E-state index is 0.230. The maximum absolute atomic E-state index is 5.98. The van der Waals surface area contributed by atoms with E-state index in [4.69, 9.17) is 21.3 Å². The van der Waals surface area contributed by atoms with Crippen LogP contribution in [0.15, 0.2) is 54.2 Å². The molecule has 5 nitrogen and oxygen atoms in total. The van der Waals surface area contributed by atoms with Gasteiger partial charge in [0.2, 0.25) is 0 Å². The van der Waals surface area contributed by atoms with Crippen molar-refractivity contribution in [1.29, 1.82) is 0 Å². The van der Waals surface area contributed by atoms with Gasteiger partial charge in [0, 0.05) is 41.8 Å². The summed E-state index contributed by atoms with van der Waals surface area (Å²) < 4.78 is 5.92. The zero-order valence-corrected chi connectivity index (χ0v) is 15.7. The summed E-state index contributed by atoms with van der Waals surface area (Å²) in [5.41, 5.74) is 2.06. The van der Waals surface area contributed by atoms with Crippen LogP contribution in [0, 0.1) is 0 Å². The normalized spacial score (nSPS) is 17.3. The number of aromatic nitrogens is 2. The molecule has 1 atom stereocenters. The highest BCUT2D eigenvalue weighted by atomic mass is 35.5. The van der Waals surface area contributed by atoms with Gasteiger partial charge in [0.15, 0.2) is 5.13 Å². The van der Waals surface area contributed by atoms with E-state index in [1.54, 1.807) is 23.7 Å². The van der Waals surface area contributed by atoms with Gasteiger partial charge in [-0.2, -0.15) is 0 Å². The maximum Gasteiger partial charge on any atom is 0.186 e. The van der Waals surface area contributed by atoms with Crippen molar-refractivity contribution in [3.8, 4) is 17.0 Å². The first-order chi connectivity index (χ1) is 12.8. The minimum Gasteiger partial charge on any atom is -0.490 e. The van der Waals surface area contributed by atoms with Gasteiger partial charge >= 0.3 is 0 Å².